The minimum absolute atomic E-state index is 0.0251. The molecule has 3 N–H and O–H groups in total. The Labute approximate surface area is 272 Å². The molecule has 0 radical (unpaired) electrons. The molecule has 0 aromatic heterocycles. The van der Waals surface area contributed by atoms with Crippen LogP contribution in [0.15, 0.2) is 44.6 Å². The Kier molecular flexibility index (Phi) is 10.1. The molecule has 4 fully saturated rings. The number of amides is 1. The highest BCUT2D eigenvalue weighted by Crippen LogP contribution is 2.53. The molecule has 45 heavy (non-hydrogen) atoms. The fourth-order valence-electron chi connectivity index (χ4n) is 7.33. The fraction of sp³-hybridized carbons (Fsp3) is 0.636. The van der Waals surface area contributed by atoms with E-state index < -0.39 is 64.6 Å². The molecule has 0 spiro atoms. The second-order valence-electron chi connectivity index (χ2n) is 14.1. The molecular formula is C33H42Cl2F3N3O4. The van der Waals surface area contributed by atoms with Crippen molar-refractivity contribution in [3.05, 3.63) is 44.6 Å². The number of nitrogens with zero attached hydrogens (tertiary/aromatic N) is 1. The van der Waals surface area contributed by atoms with Crippen molar-refractivity contribution in [2.45, 2.75) is 110 Å². The molecule has 0 aromatic carbocycles. The van der Waals surface area contributed by atoms with E-state index in [1.165, 1.54) is 4.90 Å². The molecule has 0 aromatic rings. The lowest BCUT2D eigenvalue weighted by atomic mass is 9.57. The average Bonchev–Trinajstić information content (AvgIpc) is 3.05. The molecule has 4 saturated carbocycles. The summed E-state index contributed by atoms with van der Waals surface area (Å²) in [6, 6.07) is -0.527. The summed E-state index contributed by atoms with van der Waals surface area (Å²) < 4.78 is 44.3. The van der Waals surface area contributed by atoms with E-state index in [1.807, 2.05) is 0 Å². The van der Waals surface area contributed by atoms with Gasteiger partial charge in [0, 0.05) is 39.4 Å². The first kappa shape index (κ1) is 35.3. The minimum atomic E-state index is -5.01. The molecule has 0 heterocycles. The maximum atomic E-state index is 14.8. The van der Waals surface area contributed by atoms with Gasteiger partial charge in [-0.2, -0.15) is 13.2 Å². The van der Waals surface area contributed by atoms with Gasteiger partial charge in [-0.15, -0.1) is 0 Å². The second kappa shape index (κ2) is 12.9. The van der Waals surface area contributed by atoms with Crippen molar-refractivity contribution in [3.63, 3.8) is 0 Å². The number of nitrogens with one attached hydrogen (secondary N) is 2. The number of alkyl halides is 3. The SMILES string of the molecule is CC1=CC(Cl)=C(C(=O)CN(C(=O)/C(C=N)=C(/NC23CCC(C(=O)O)(CC2)CC3)C(F)(F)F)C2CCC(C)(C)CC2)[C@@H](C)C(Cl)=C1. The van der Waals surface area contributed by atoms with E-state index in [9.17, 15) is 32.7 Å². The number of hydrogen-bond acceptors (Lipinski definition) is 5. The number of carbonyl (C=O) groups excluding carboxylic acids is 2. The number of carbonyl (C=O) groups is 3. The van der Waals surface area contributed by atoms with Crippen LogP contribution >= 0.6 is 23.2 Å². The predicted molar refractivity (Wildman–Crippen MR) is 168 cm³/mol. The van der Waals surface area contributed by atoms with Crippen LogP contribution in [0.2, 0.25) is 0 Å². The van der Waals surface area contributed by atoms with Crippen LogP contribution in [0.3, 0.4) is 0 Å². The molecule has 5 aliphatic carbocycles. The summed E-state index contributed by atoms with van der Waals surface area (Å²) in [5.41, 5.74) is -3.32. The molecule has 0 aliphatic heterocycles. The van der Waals surface area contributed by atoms with Gasteiger partial charge in [-0.3, -0.25) is 14.4 Å². The summed E-state index contributed by atoms with van der Waals surface area (Å²) in [4.78, 5) is 41.2. The third-order valence-electron chi connectivity index (χ3n) is 10.5. The molecule has 0 unspecified atom stereocenters. The topological polar surface area (TPSA) is 111 Å². The Hall–Kier alpha value is -2.59. The van der Waals surface area contributed by atoms with Gasteiger partial charge in [0.25, 0.3) is 5.91 Å². The van der Waals surface area contributed by atoms with Crippen molar-refractivity contribution in [3.8, 4) is 0 Å². The summed E-state index contributed by atoms with van der Waals surface area (Å²) in [6.45, 7) is 7.13. The standard InChI is InChI=1S/C33H42Cl2F3N3O4/c1-19-15-23(34)20(2)26(24(35)16-19)25(42)18-41(21-5-7-30(3,4)8-6-21)28(43)22(17-39)27(33(36,37)38)40-32-12-9-31(10-13-32,11-14-32)29(44)45/h15-17,20-21,39-40H,5-14,18H2,1-4H3,(H,44,45)/b27-22+,39-17?/t20-,31?,32?/m0/s1. The van der Waals surface area contributed by atoms with E-state index in [4.69, 9.17) is 28.6 Å². The van der Waals surface area contributed by atoms with Crippen LogP contribution in [-0.2, 0) is 14.4 Å². The van der Waals surface area contributed by atoms with Crippen LogP contribution < -0.4 is 5.32 Å². The van der Waals surface area contributed by atoms with Crippen molar-refractivity contribution >= 4 is 47.1 Å². The number of carboxylic acids is 1. The normalized spacial score (nSPS) is 29.2. The van der Waals surface area contributed by atoms with E-state index in [2.05, 4.69) is 19.2 Å². The molecule has 7 nitrogen and oxygen atoms in total. The number of rotatable bonds is 9. The summed E-state index contributed by atoms with van der Waals surface area (Å²) in [6.07, 6.45) is 2.34. The third-order valence-corrected chi connectivity index (χ3v) is 11.2. The lowest BCUT2D eigenvalue weighted by molar-refractivity contribution is -0.157. The second-order valence-corrected chi connectivity index (χ2v) is 14.9. The number of halogens is 5. The van der Waals surface area contributed by atoms with E-state index in [1.54, 1.807) is 26.0 Å². The summed E-state index contributed by atoms with van der Waals surface area (Å²) in [7, 11) is 0. The van der Waals surface area contributed by atoms with Crippen molar-refractivity contribution < 1.29 is 32.7 Å². The number of Topliss-reactive ketones (excluding diaryl/α,β-unsaturated/α-hetero) is 1. The molecule has 5 rings (SSSR count). The van der Waals surface area contributed by atoms with Crippen LogP contribution in [0.25, 0.3) is 0 Å². The zero-order chi connectivity index (χ0) is 33.5. The maximum Gasteiger partial charge on any atom is 0.431 e. The van der Waals surface area contributed by atoms with Crippen molar-refractivity contribution in [2.24, 2.45) is 16.7 Å². The molecule has 0 saturated heterocycles. The van der Waals surface area contributed by atoms with Crippen LogP contribution in [0.4, 0.5) is 13.2 Å². The molecule has 5 aliphatic rings. The zero-order valence-electron chi connectivity index (χ0n) is 26.2. The van der Waals surface area contributed by atoms with E-state index in [0.29, 0.717) is 36.9 Å². The number of carboxylic acid groups (broad SMARTS) is 1. The minimum Gasteiger partial charge on any atom is -0.481 e. The number of ketones is 1. The molecule has 2 bridgehead atoms. The van der Waals surface area contributed by atoms with Gasteiger partial charge in [0.1, 0.15) is 5.70 Å². The van der Waals surface area contributed by atoms with Gasteiger partial charge in [0.05, 0.1) is 17.5 Å². The van der Waals surface area contributed by atoms with E-state index in [-0.39, 0.29) is 54.5 Å². The van der Waals surface area contributed by atoms with E-state index in [0.717, 1.165) is 5.57 Å². The number of hydrogen-bond donors (Lipinski definition) is 3. The summed E-state index contributed by atoms with van der Waals surface area (Å²) >= 11 is 13.0. The Morgan fingerprint density at radius 1 is 1.04 bits per heavy atom. The molecule has 248 valence electrons. The monoisotopic (exact) mass is 671 g/mol. The highest BCUT2D eigenvalue weighted by Gasteiger charge is 2.55. The first-order chi connectivity index (χ1) is 20.8. The first-order valence-corrected chi connectivity index (χ1v) is 16.2. The Balaban J connectivity index is 1.73. The van der Waals surface area contributed by atoms with Gasteiger partial charge in [-0.1, -0.05) is 44.0 Å². The summed E-state index contributed by atoms with van der Waals surface area (Å²) in [5, 5.41) is 20.9. The quantitative estimate of drug-likeness (QED) is 0.171. The van der Waals surface area contributed by atoms with Gasteiger partial charge < -0.3 is 20.7 Å². The Morgan fingerprint density at radius 3 is 2.09 bits per heavy atom. The van der Waals surface area contributed by atoms with Gasteiger partial charge in [0.15, 0.2) is 5.78 Å². The van der Waals surface area contributed by atoms with Crippen molar-refractivity contribution in [2.75, 3.05) is 6.54 Å². The zero-order valence-corrected chi connectivity index (χ0v) is 27.7. The third kappa shape index (κ3) is 7.37. The first-order valence-electron chi connectivity index (χ1n) is 15.5. The van der Waals surface area contributed by atoms with Gasteiger partial charge in [-0.05, 0) is 94.3 Å². The summed E-state index contributed by atoms with van der Waals surface area (Å²) in [5.74, 6) is -3.12. The van der Waals surface area contributed by atoms with Crippen LogP contribution in [-0.4, -0.2) is 58.2 Å². The smallest absolute Gasteiger partial charge is 0.431 e. The molecule has 1 atom stereocenters. The van der Waals surface area contributed by atoms with Gasteiger partial charge >= 0.3 is 12.1 Å². The molecule has 1 amide bonds. The van der Waals surface area contributed by atoms with Crippen LogP contribution in [0.1, 0.15) is 91.9 Å². The van der Waals surface area contributed by atoms with E-state index >= 15 is 0 Å². The highest BCUT2D eigenvalue weighted by molar-refractivity contribution is 6.35. The number of allylic oxidation sites excluding steroid dienone is 6. The lowest BCUT2D eigenvalue weighted by Crippen LogP contribution is -2.58. The predicted octanol–water partition coefficient (Wildman–Crippen LogP) is 7.80. The number of aliphatic carboxylic acids is 1. The van der Waals surface area contributed by atoms with Gasteiger partial charge in [0.2, 0.25) is 0 Å². The van der Waals surface area contributed by atoms with Crippen molar-refractivity contribution in [1.82, 2.24) is 10.2 Å². The lowest BCUT2D eigenvalue weighted by Gasteiger charge is -2.52. The number of fused-ring (bicyclic) bond motifs is 3. The van der Waals surface area contributed by atoms with Crippen LogP contribution in [0, 0.1) is 22.2 Å². The average molecular weight is 673 g/mol. The van der Waals surface area contributed by atoms with Crippen LogP contribution in [0.5, 0.6) is 0 Å². The Bertz CT molecular complexity index is 1360. The highest BCUT2D eigenvalue weighted by atomic mass is 35.5. The maximum absolute atomic E-state index is 14.8. The largest absolute Gasteiger partial charge is 0.481 e. The molecular weight excluding hydrogens is 630 g/mol. The Morgan fingerprint density at radius 2 is 1.60 bits per heavy atom. The molecule has 12 heteroatoms. The van der Waals surface area contributed by atoms with Gasteiger partial charge in [-0.25, -0.2) is 0 Å². The fourth-order valence-corrected chi connectivity index (χ4v) is 8.05. The van der Waals surface area contributed by atoms with Crippen molar-refractivity contribution in [1.29, 1.82) is 5.41 Å².